The van der Waals surface area contributed by atoms with Crippen molar-refractivity contribution in [2.24, 2.45) is 0 Å². The van der Waals surface area contributed by atoms with Gasteiger partial charge in [0.2, 0.25) is 11.5 Å². The number of Topliss-reactive ketones (excluding diaryl/α,β-unsaturated/α-hetero) is 1. The number of carbonyl (C=O) groups is 2. The second kappa shape index (κ2) is 8.91. The number of phenolic OH excluding ortho intramolecular Hbond substituents is 1. The fourth-order valence-corrected chi connectivity index (χ4v) is 2.93. The number of hydrogen-bond acceptors (Lipinski definition) is 8. The summed E-state index contributed by atoms with van der Waals surface area (Å²) in [7, 11) is 1.21. The Morgan fingerprint density at radius 1 is 1.37 bits per heavy atom. The molecule has 0 aliphatic rings. The molecule has 1 heterocycles. The highest BCUT2D eigenvalue weighted by molar-refractivity contribution is 6.15. The van der Waals surface area contributed by atoms with E-state index < -0.39 is 28.1 Å². The van der Waals surface area contributed by atoms with Gasteiger partial charge in [0.25, 0.3) is 0 Å². The Kier molecular flexibility index (Phi) is 6.59. The number of benzene rings is 1. The summed E-state index contributed by atoms with van der Waals surface area (Å²) in [5, 5.41) is 30.5. The summed E-state index contributed by atoms with van der Waals surface area (Å²) in [5.74, 6) is -2.15. The van der Waals surface area contributed by atoms with Crippen LogP contribution in [0.1, 0.15) is 44.6 Å². The van der Waals surface area contributed by atoms with E-state index in [2.05, 4.69) is 4.98 Å². The van der Waals surface area contributed by atoms with Crippen LogP contribution in [0.4, 0.5) is 5.69 Å². The second-order valence-corrected chi connectivity index (χ2v) is 6.19. The number of aromatic amines is 1. The summed E-state index contributed by atoms with van der Waals surface area (Å²) in [4.78, 5) is 38.2. The van der Waals surface area contributed by atoms with Crippen molar-refractivity contribution < 1.29 is 29.1 Å². The van der Waals surface area contributed by atoms with Gasteiger partial charge in [0.15, 0.2) is 5.75 Å². The number of ether oxygens (including phenoxy) is 2. The molecular weight excluding hydrogens is 394 g/mol. The fraction of sp³-hybridized carbons (Fsp3) is 0.250. The third kappa shape index (κ3) is 4.15. The molecule has 0 aliphatic carbocycles. The number of nitriles is 1. The molecule has 0 spiro atoms. The zero-order chi connectivity index (χ0) is 22.6. The average Bonchev–Trinajstić information content (AvgIpc) is 3.00. The first kappa shape index (κ1) is 22.2. The maximum absolute atomic E-state index is 12.9. The summed E-state index contributed by atoms with van der Waals surface area (Å²) in [6, 6.07) is 4.03. The molecule has 10 nitrogen and oxygen atoms in total. The van der Waals surface area contributed by atoms with Crippen molar-refractivity contribution in [3.8, 4) is 17.6 Å². The minimum absolute atomic E-state index is 0.0311. The standard InChI is InChI=1S/C20H19N3O7/c1-5-30-20(26)16-10(2)17(22-11(16)3)18(24)13(9-21)6-12-7-14(23(27)28)19(25)15(8-12)29-4/h6-8,22,25H,5H2,1-4H3/b13-6+. The van der Waals surface area contributed by atoms with E-state index in [0.717, 1.165) is 12.1 Å². The maximum Gasteiger partial charge on any atom is 0.340 e. The van der Waals surface area contributed by atoms with Gasteiger partial charge in [-0.3, -0.25) is 14.9 Å². The molecule has 0 aliphatic heterocycles. The number of aromatic nitrogens is 1. The van der Waals surface area contributed by atoms with Crippen LogP contribution in [0.15, 0.2) is 17.7 Å². The molecule has 0 saturated heterocycles. The molecule has 0 amide bonds. The molecule has 30 heavy (non-hydrogen) atoms. The number of hydrogen-bond donors (Lipinski definition) is 2. The van der Waals surface area contributed by atoms with E-state index in [-0.39, 0.29) is 34.8 Å². The van der Waals surface area contributed by atoms with Crippen LogP contribution in [-0.2, 0) is 4.74 Å². The van der Waals surface area contributed by atoms with E-state index in [9.17, 15) is 30.1 Å². The van der Waals surface area contributed by atoms with Gasteiger partial charge in [-0.15, -0.1) is 0 Å². The van der Waals surface area contributed by atoms with Gasteiger partial charge < -0.3 is 19.6 Å². The van der Waals surface area contributed by atoms with E-state index in [1.54, 1.807) is 26.8 Å². The zero-order valence-electron chi connectivity index (χ0n) is 16.7. The highest BCUT2D eigenvalue weighted by Crippen LogP contribution is 2.37. The molecule has 0 saturated carbocycles. The van der Waals surface area contributed by atoms with Crippen molar-refractivity contribution in [1.82, 2.24) is 4.98 Å². The van der Waals surface area contributed by atoms with Crippen LogP contribution < -0.4 is 4.74 Å². The van der Waals surface area contributed by atoms with Crippen LogP contribution in [0.3, 0.4) is 0 Å². The van der Waals surface area contributed by atoms with Crippen LogP contribution in [0.5, 0.6) is 11.5 Å². The zero-order valence-corrected chi connectivity index (χ0v) is 16.7. The monoisotopic (exact) mass is 413 g/mol. The number of nitrogens with one attached hydrogen (secondary N) is 1. The molecule has 2 rings (SSSR count). The van der Waals surface area contributed by atoms with Crippen molar-refractivity contribution in [1.29, 1.82) is 5.26 Å². The van der Waals surface area contributed by atoms with E-state index in [1.807, 2.05) is 0 Å². The lowest BCUT2D eigenvalue weighted by Gasteiger charge is -2.06. The van der Waals surface area contributed by atoms with Crippen molar-refractivity contribution in [3.63, 3.8) is 0 Å². The van der Waals surface area contributed by atoms with E-state index in [4.69, 9.17) is 9.47 Å². The van der Waals surface area contributed by atoms with Gasteiger partial charge in [0, 0.05) is 11.8 Å². The van der Waals surface area contributed by atoms with Gasteiger partial charge in [0.1, 0.15) is 11.6 Å². The minimum Gasteiger partial charge on any atom is -0.500 e. The van der Waals surface area contributed by atoms with Crippen LogP contribution in [0.2, 0.25) is 0 Å². The Hall–Kier alpha value is -4.13. The number of aromatic hydroxyl groups is 1. The van der Waals surface area contributed by atoms with Crippen molar-refractivity contribution in [3.05, 3.63) is 55.9 Å². The summed E-state index contributed by atoms with van der Waals surface area (Å²) in [6.07, 6.45) is 1.14. The molecule has 1 aromatic heterocycles. The summed E-state index contributed by atoms with van der Waals surface area (Å²) < 4.78 is 9.90. The number of aryl methyl sites for hydroxylation is 1. The van der Waals surface area contributed by atoms with Crippen LogP contribution in [0, 0.1) is 35.3 Å². The predicted molar refractivity (Wildman–Crippen MR) is 105 cm³/mol. The number of ketones is 1. The lowest BCUT2D eigenvalue weighted by molar-refractivity contribution is -0.386. The second-order valence-electron chi connectivity index (χ2n) is 6.19. The van der Waals surface area contributed by atoms with Gasteiger partial charge in [-0.1, -0.05) is 0 Å². The predicted octanol–water partition coefficient (Wildman–Crippen LogP) is 3.22. The number of esters is 1. The lowest BCUT2D eigenvalue weighted by Crippen LogP contribution is -2.08. The Morgan fingerprint density at radius 2 is 2.03 bits per heavy atom. The summed E-state index contributed by atoms with van der Waals surface area (Å²) >= 11 is 0. The first-order chi connectivity index (χ1) is 14.2. The smallest absolute Gasteiger partial charge is 0.340 e. The number of nitrogens with zero attached hydrogens (tertiary/aromatic N) is 2. The van der Waals surface area contributed by atoms with Crippen LogP contribution in [0.25, 0.3) is 6.08 Å². The Bertz CT molecular complexity index is 1110. The third-order valence-corrected chi connectivity index (χ3v) is 4.31. The molecule has 2 N–H and O–H groups in total. The molecule has 0 bridgehead atoms. The third-order valence-electron chi connectivity index (χ3n) is 4.31. The molecule has 1 aromatic carbocycles. The normalized spacial score (nSPS) is 11.0. The van der Waals surface area contributed by atoms with Crippen molar-refractivity contribution in [2.75, 3.05) is 13.7 Å². The maximum atomic E-state index is 12.9. The average molecular weight is 413 g/mol. The Morgan fingerprint density at radius 3 is 2.57 bits per heavy atom. The number of carbonyl (C=O) groups excluding carboxylic acids is 2. The molecule has 10 heteroatoms. The molecule has 0 atom stereocenters. The number of H-pyrrole nitrogens is 1. The SMILES string of the molecule is CCOC(=O)c1c(C)[nH]c(C(=O)/C(C#N)=C/c2cc(OC)c(O)c([N+](=O)[O-])c2)c1C. The number of nitro benzene ring substituents is 1. The quantitative estimate of drug-likeness (QED) is 0.175. The molecule has 0 fully saturated rings. The minimum atomic E-state index is -0.812. The summed E-state index contributed by atoms with van der Waals surface area (Å²) in [6.45, 7) is 4.96. The Labute approximate surface area is 171 Å². The lowest BCUT2D eigenvalue weighted by atomic mass is 10.0. The summed E-state index contributed by atoms with van der Waals surface area (Å²) in [5.41, 5.74) is 0.106. The van der Waals surface area contributed by atoms with Gasteiger partial charge in [-0.05, 0) is 44.0 Å². The molecule has 0 radical (unpaired) electrons. The van der Waals surface area contributed by atoms with E-state index in [0.29, 0.717) is 11.3 Å². The van der Waals surface area contributed by atoms with Crippen molar-refractivity contribution >= 4 is 23.5 Å². The number of phenols is 1. The fourth-order valence-electron chi connectivity index (χ4n) is 2.93. The van der Waals surface area contributed by atoms with Gasteiger partial charge in [-0.2, -0.15) is 5.26 Å². The number of methoxy groups -OCH3 is 1. The number of allylic oxidation sites excluding steroid dienone is 1. The van der Waals surface area contributed by atoms with Gasteiger partial charge in [-0.25, -0.2) is 4.79 Å². The topological polar surface area (TPSA) is 156 Å². The van der Waals surface area contributed by atoms with Gasteiger partial charge >= 0.3 is 11.7 Å². The molecule has 156 valence electrons. The van der Waals surface area contributed by atoms with E-state index in [1.165, 1.54) is 13.2 Å². The number of nitro groups is 1. The van der Waals surface area contributed by atoms with Crippen LogP contribution in [-0.4, -0.2) is 40.5 Å². The first-order valence-corrected chi connectivity index (χ1v) is 8.74. The molecule has 2 aromatic rings. The molecule has 0 unspecified atom stereocenters. The van der Waals surface area contributed by atoms with Crippen LogP contribution >= 0.6 is 0 Å². The molecular formula is C20H19N3O7. The Balaban J connectivity index is 2.55. The van der Waals surface area contributed by atoms with E-state index >= 15 is 0 Å². The van der Waals surface area contributed by atoms with Gasteiger partial charge in [0.05, 0.1) is 29.9 Å². The highest BCUT2D eigenvalue weighted by atomic mass is 16.6. The first-order valence-electron chi connectivity index (χ1n) is 8.74. The highest BCUT2D eigenvalue weighted by Gasteiger charge is 2.25. The largest absolute Gasteiger partial charge is 0.500 e. The van der Waals surface area contributed by atoms with Crippen molar-refractivity contribution in [2.45, 2.75) is 20.8 Å². The number of rotatable bonds is 7.